The molecule has 114 valence electrons. The van der Waals surface area contributed by atoms with E-state index >= 15 is 0 Å². The average molecular weight is 304 g/mol. The lowest BCUT2D eigenvalue weighted by atomic mass is 10.3. The van der Waals surface area contributed by atoms with Gasteiger partial charge in [-0.1, -0.05) is 0 Å². The van der Waals surface area contributed by atoms with E-state index in [1.54, 1.807) is 10.6 Å². The van der Waals surface area contributed by atoms with Crippen LogP contribution in [0.3, 0.4) is 0 Å². The quantitative estimate of drug-likeness (QED) is 0.704. The van der Waals surface area contributed by atoms with E-state index in [0.29, 0.717) is 16.9 Å². The highest BCUT2D eigenvalue weighted by Crippen LogP contribution is 2.19. The van der Waals surface area contributed by atoms with E-state index in [9.17, 15) is 19.8 Å². The topological polar surface area (TPSA) is 111 Å². The first-order valence-electron chi connectivity index (χ1n) is 6.42. The molecule has 0 spiro atoms. The van der Waals surface area contributed by atoms with Crippen LogP contribution < -0.4 is 10.4 Å². The zero-order valence-corrected chi connectivity index (χ0v) is 11.5. The lowest BCUT2D eigenvalue weighted by Gasteiger charge is -2.10. The first kappa shape index (κ1) is 13.7. The first-order valence-corrected chi connectivity index (χ1v) is 6.42. The molecule has 0 aliphatic heterocycles. The SMILES string of the molecule is CCn1cc(C(=O)On2c(O)ccc2O)c(=O)n2nccc12. The maximum absolute atomic E-state index is 12.2. The lowest BCUT2D eigenvalue weighted by molar-refractivity contribution is 0.0378. The van der Waals surface area contributed by atoms with Gasteiger partial charge in [-0.05, 0) is 6.92 Å². The van der Waals surface area contributed by atoms with Crippen LogP contribution in [0, 0.1) is 0 Å². The van der Waals surface area contributed by atoms with Gasteiger partial charge in [0.05, 0.1) is 6.20 Å². The highest BCUT2D eigenvalue weighted by molar-refractivity contribution is 5.89. The average Bonchev–Trinajstić information content (AvgIpc) is 3.10. The van der Waals surface area contributed by atoms with Crippen LogP contribution >= 0.6 is 0 Å². The summed E-state index contributed by atoms with van der Waals surface area (Å²) >= 11 is 0. The van der Waals surface area contributed by atoms with Gasteiger partial charge in [0.15, 0.2) is 0 Å². The zero-order valence-electron chi connectivity index (χ0n) is 11.5. The van der Waals surface area contributed by atoms with E-state index in [4.69, 9.17) is 4.84 Å². The highest BCUT2D eigenvalue weighted by atomic mass is 16.7. The van der Waals surface area contributed by atoms with Crippen molar-refractivity contribution in [2.24, 2.45) is 0 Å². The molecule has 0 aromatic carbocycles. The molecule has 0 fully saturated rings. The molecule has 0 amide bonds. The number of nitrogens with zero attached hydrogens (tertiary/aromatic N) is 4. The molecule has 3 heterocycles. The van der Waals surface area contributed by atoms with Gasteiger partial charge in [0.1, 0.15) is 11.2 Å². The van der Waals surface area contributed by atoms with Gasteiger partial charge in [0.2, 0.25) is 11.8 Å². The third-order valence-corrected chi connectivity index (χ3v) is 3.16. The molecule has 0 unspecified atom stereocenters. The summed E-state index contributed by atoms with van der Waals surface area (Å²) in [6.45, 7) is 2.35. The Morgan fingerprint density at radius 3 is 2.59 bits per heavy atom. The molecule has 3 rings (SSSR count). The molecule has 0 atom stereocenters. The van der Waals surface area contributed by atoms with Crippen molar-refractivity contribution in [2.45, 2.75) is 13.5 Å². The molecule has 0 bridgehead atoms. The summed E-state index contributed by atoms with van der Waals surface area (Å²) in [6, 6.07) is 3.93. The molecule has 9 heteroatoms. The Bertz CT molecular complexity index is 901. The number of hydrogen-bond donors (Lipinski definition) is 2. The Morgan fingerprint density at radius 2 is 1.95 bits per heavy atom. The largest absolute Gasteiger partial charge is 0.492 e. The molecule has 0 saturated heterocycles. The summed E-state index contributed by atoms with van der Waals surface area (Å²) in [4.78, 5) is 29.2. The van der Waals surface area contributed by atoms with E-state index < -0.39 is 23.3 Å². The number of rotatable bonds is 3. The fourth-order valence-electron chi connectivity index (χ4n) is 2.08. The lowest BCUT2D eigenvalue weighted by Crippen LogP contribution is -2.30. The third-order valence-electron chi connectivity index (χ3n) is 3.16. The van der Waals surface area contributed by atoms with E-state index in [2.05, 4.69) is 5.10 Å². The normalized spacial score (nSPS) is 11.0. The second-order valence-electron chi connectivity index (χ2n) is 4.46. The molecule has 0 aliphatic rings. The van der Waals surface area contributed by atoms with Gasteiger partial charge in [-0.2, -0.15) is 9.61 Å². The van der Waals surface area contributed by atoms with Crippen LogP contribution in [0.2, 0.25) is 0 Å². The number of fused-ring (bicyclic) bond motifs is 1. The number of carbonyl (C=O) groups excluding carboxylic acids is 1. The molecule has 9 nitrogen and oxygen atoms in total. The minimum atomic E-state index is -1.02. The predicted octanol–water partition coefficient (Wildman–Crippen LogP) is -0.00240. The molecular formula is C13H12N4O5. The molecule has 0 aliphatic carbocycles. The predicted molar refractivity (Wildman–Crippen MR) is 73.8 cm³/mol. The molecular weight excluding hydrogens is 292 g/mol. The monoisotopic (exact) mass is 304 g/mol. The minimum absolute atomic E-state index is 0.273. The Labute approximate surface area is 123 Å². The summed E-state index contributed by atoms with van der Waals surface area (Å²) in [7, 11) is 0. The van der Waals surface area contributed by atoms with Crippen LogP contribution in [0.25, 0.3) is 5.65 Å². The minimum Gasteiger partial charge on any atom is -0.492 e. The molecule has 0 saturated carbocycles. The van der Waals surface area contributed by atoms with Crippen LogP contribution in [0.15, 0.2) is 35.4 Å². The standard InChI is InChI=1S/C13H12N4O5/c1-2-15-7-8(12(20)16-9(15)5-6-14-16)13(21)22-17-10(18)3-4-11(17)19/h3-7,18-19H,2H2,1H3. The van der Waals surface area contributed by atoms with Crippen molar-refractivity contribution >= 4 is 11.6 Å². The Hall–Kier alpha value is -3.23. The van der Waals surface area contributed by atoms with E-state index in [1.165, 1.54) is 12.4 Å². The smallest absolute Gasteiger partial charge is 0.371 e. The van der Waals surface area contributed by atoms with Gasteiger partial charge in [-0.3, -0.25) is 4.79 Å². The van der Waals surface area contributed by atoms with Crippen molar-refractivity contribution in [1.82, 2.24) is 18.9 Å². The third kappa shape index (κ3) is 1.99. The fraction of sp³-hybridized carbons (Fsp3) is 0.154. The van der Waals surface area contributed by atoms with Gasteiger partial charge >= 0.3 is 5.97 Å². The number of aryl methyl sites for hydroxylation is 1. The van der Waals surface area contributed by atoms with E-state index in [-0.39, 0.29) is 5.56 Å². The molecule has 3 aromatic rings. The van der Waals surface area contributed by atoms with Gasteiger partial charge in [0, 0.05) is 30.9 Å². The fourth-order valence-corrected chi connectivity index (χ4v) is 2.08. The van der Waals surface area contributed by atoms with Gasteiger partial charge in [-0.15, -0.1) is 4.73 Å². The van der Waals surface area contributed by atoms with Crippen molar-refractivity contribution < 1.29 is 19.8 Å². The maximum Gasteiger partial charge on any atom is 0.371 e. The van der Waals surface area contributed by atoms with Gasteiger partial charge in [-0.25, -0.2) is 4.79 Å². The summed E-state index contributed by atoms with van der Waals surface area (Å²) in [6.07, 6.45) is 2.79. The second-order valence-corrected chi connectivity index (χ2v) is 4.46. The molecule has 2 N–H and O–H groups in total. The number of hydrogen-bond acceptors (Lipinski definition) is 6. The molecule has 0 radical (unpaired) electrons. The van der Waals surface area contributed by atoms with Crippen LogP contribution in [0.4, 0.5) is 0 Å². The van der Waals surface area contributed by atoms with Crippen molar-refractivity contribution in [1.29, 1.82) is 0 Å². The molecule has 22 heavy (non-hydrogen) atoms. The van der Waals surface area contributed by atoms with Crippen LogP contribution in [-0.2, 0) is 6.54 Å². The molecule has 3 aromatic heterocycles. The van der Waals surface area contributed by atoms with Crippen molar-refractivity contribution in [3.63, 3.8) is 0 Å². The Balaban J connectivity index is 2.08. The first-order chi connectivity index (χ1) is 10.5. The van der Waals surface area contributed by atoms with Crippen LogP contribution in [0.1, 0.15) is 17.3 Å². The number of aromatic nitrogens is 4. The summed E-state index contributed by atoms with van der Waals surface area (Å²) in [5, 5.41) is 22.8. The van der Waals surface area contributed by atoms with Crippen molar-refractivity contribution in [3.8, 4) is 11.8 Å². The maximum atomic E-state index is 12.2. The van der Waals surface area contributed by atoms with E-state index in [0.717, 1.165) is 16.6 Å². The number of carbonyl (C=O) groups is 1. The summed E-state index contributed by atoms with van der Waals surface area (Å²) in [5.74, 6) is -1.96. The number of aromatic hydroxyl groups is 2. The Kier molecular flexibility index (Phi) is 3.09. The van der Waals surface area contributed by atoms with Crippen molar-refractivity contribution in [2.75, 3.05) is 0 Å². The second kappa shape index (κ2) is 4.95. The zero-order chi connectivity index (χ0) is 15.9. The van der Waals surface area contributed by atoms with Crippen LogP contribution in [-0.4, -0.2) is 35.1 Å². The van der Waals surface area contributed by atoms with Crippen molar-refractivity contribution in [3.05, 3.63) is 46.5 Å². The summed E-state index contributed by atoms with van der Waals surface area (Å²) in [5.41, 5.74) is -0.387. The van der Waals surface area contributed by atoms with Gasteiger partial charge in [0.25, 0.3) is 5.56 Å². The van der Waals surface area contributed by atoms with Crippen LogP contribution in [0.5, 0.6) is 11.8 Å². The Morgan fingerprint density at radius 1 is 1.27 bits per heavy atom. The van der Waals surface area contributed by atoms with Gasteiger partial charge < -0.3 is 19.6 Å². The van der Waals surface area contributed by atoms with E-state index in [1.807, 2.05) is 6.92 Å². The summed E-state index contributed by atoms with van der Waals surface area (Å²) < 4.78 is 3.25. The highest BCUT2D eigenvalue weighted by Gasteiger charge is 2.20.